The normalized spacial score (nSPS) is 19.6. The summed E-state index contributed by atoms with van der Waals surface area (Å²) in [5.74, 6) is 1.10. The number of carbonyl (C=O) groups is 1. The predicted octanol–water partition coefficient (Wildman–Crippen LogP) is 0.504. The van der Waals surface area contributed by atoms with Crippen LogP contribution in [0.4, 0.5) is 0 Å². The van der Waals surface area contributed by atoms with E-state index >= 15 is 0 Å². The Hall–Kier alpha value is -1.30. The first-order valence-electron chi connectivity index (χ1n) is 7.99. The van der Waals surface area contributed by atoms with Crippen LogP contribution in [0, 0.1) is 0 Å². The zero-order valence-electron chi connectivity index (χ0n) is 14.0. The van der Waals surface area contributed by atoms with E-state index in [4.69, 9.17) is 0 Å². The van der Waals surface area contributed by atoms with Gasteiger partial charge in [0, 0.05) is 40.8 Å². The Bertz CT molecular complexity index is 343. The minimum Gasteiger partial charge on any atom is -0.356 e. The molecule has 1 saturated heterocycles. The van der Waals surface area contributed by atoms with Gasteiger partial charge in [-0.2, -0.15) is 0 Å². The van der Waals surface area contributed by atoms with Crippen molar-refractivity contribution in [3.63, 3.8) is 0 Å². The summed E-state index contributed by atoms with van der Waals surface area (Å²) in [5.41, 5.74) is 0. The highest BCUT2D eigenvalue weighted by molar-refractivity contribution is 5.81. The molecule has 122 valence electrons. The molecular weight excluding hydrogens is 266 g/mol. The van der Waals surface area contributed by atoms with Crippen molar-refractivity contribution in [3.05, 3.63) is 0 Å². The number of rotatable bonds is 7. The lowest BCUT2D eigenvalue weighted by Crippen LogP contribution is -2.44. The third kappa shape index (κ3) is 5.91. The van der Waals surface area contributed by atoms with Crippen molar-refractivity contribution in [2.45, 2.75) is 38.6 Å². The van der Waals surface area contributed by atoms with E-state index in [-0.39, 0.29) is 11.9 Å². The fourth-order valence-corrected chi connectivity index (χ4v) is 2.62. The van der Waals surface area contributed by atoms with E-state index in [0.29, 0.717) is 0 Å². The number of likely N-dealkylation sites (tertiary alicyclic amines) is 1. The molecule has 0 aliphatic carbocycles. The summed E-state index contributed by atoms with van der Waals surface area (Å²) in [5, 5.41) is 6.57. The van der Waals surface area contributed by atoms with Gasteiger partial charge in [0.2, 0.25) is 5.91 Å². The van der Waals surface area contributed by atoms with Crippen LogP contribution in [0.25, 0.3) is 0 Å². The number of amides is 1. The van der Waals surface area contributed by atoms with Gasteiger partial charge in [-0.15, -0.1) is 0 Å². The lowest BCUT2D eigenvalue weighted by atomic mass is 10.2. The molecule has 0 saturated carbocycles. The number of guanidine groups is 1. The highest BCUT2D eigenvalue weighted by Crippen LogP contribution is 2.18. The van der Waals surface area contributed by atoms with Gasteiger partial charge in [-0.05, 0) is 32.2 Å². The first kappa shape index (κ1) is 17.8. The van der Waals surface area contributed by atoms with Crippen LogP contribution in [-0.2, 0) is 4.79 Å². The second-order valence-corrected chi connectivity index (χ2v) is 5.71. The molecule has 0 spiro atoms. The number of hydrogen-bond donors (Lipinski definition) is 2. The van der Waals surface area contributed by atoms with Gasteiger partial charge in [-0.3, -0.25) is 14.7 Å². The molecule has 1 rings (SSSR count). The molecule has 21 heavy (non-hydrogen) atoms. The van der Waals surface area contributed by atoms with E-state index in [9.17, 15) is 4.79 Å². The standard InChI is InChI=1S/C15H31N5O/c1-5-9-17-15(16-2)18-10-7-12-20-11-6-8-13(20)14(21)19(3)4/h13H,5-12H2,1-4H3,(H2,16,17,18). The fourth-order valence-electron chi connectivity index (χ4n) is 2.62. The molecule has 0 aromatic carbocycles. The predicted molar refractivity (Wildman–Crippen MR) is 87.6 cm³/mol. The van der Waals surface area contributed by atoms with Gasteiger partial charge in [0.1, 0.15) is 0 Å². The Kier molecular flexibility index (Phi) is 8.12. The SMILES string of the molecule is CCCNC(=NC)NCCCN1CCCC1C(=O)N(C)C. The van der Waals surface area contributed by atoms with Gasteiger partial charge in [0.15, 0.2) is 5.96 Å². The van der Waals surface area contributed by atoms with Crippen molar-refractivity contribution in [1.29, 1.82) is 0 Å². The third-order valence-electron chi connectivity index (χ3n) is 3.77. The molecule has 1 fully saturated rings. The average molecular weight is 297 g/mol. The molecule has 1 unspecified atom stereocenters. The quantitative estimate of drug-likeness (QED) is 0.408. The number of carbonyl (C=O) groups excluding carboxylic acids is 1. The molecular formula is C15H31N5O. The van der Waals surface area contributed by atoms with E-state index in [0.717, 1.165) is 57.8 Å². The number of hydrogen-bond acceptors (Lipinski definition) is 3. The second kappa shape index (κ2) is 9.60. The summed E-state index contributed by atoms with van der Waals surface area (Å²) in [4.78, 5) is 20.3. The number of nitrogens with one attached hydrogen (secondary N) is 2. The summed E-state index contributed by atoms with van der Waals surface area (Å²) in [6.45, 7) is 5.94. The summed E-state index contributed by atoms with van der Waals surface area (Å²) >= 11 is 0. The second-order valence-electron chi connectivity index (χ2n) is 5.71. The third-order valence-corrected chi connectivity index (χ3v) is 3.77. The van der Waals surface area contributed by atoms with Gasteiger partial charge in [0.25, 0.3) is 0 Å². The van der Waals surface area contributed by atoms with E-state index < -0.39 is 0 Å². The lowest BCUT2D eigenvalue weighted by molar-refractivity contribution is -0.133. The highest BCUT2D eigenvalue weighted by atomic mass is 16.2. The molecule has 0 aromatic heterocycles. The average Bonchev–Trinajstić information content (AvgIpc) is 2.93. The minimum atomic E-state index is 0.0810. The van der Waals surface area contributed by atoms with E-state index in [1.165, 1.54) is 0 Å². The maximum atomic E-state index is 12.1. The fraction of sp³-hybridized carbons (Fsp3) is 0.867. The van der Waals surface area contributed by atoms with Crippen molar-refractivity contribution in [1.82, 2.24) is 20.4 Å². The number of nitrogens with zero attached hydrogens (tertiary/aromatic N) is 3. The van der Waals surface area contributed by atoms with Crippen molar-refractivity contribution >= 4 is 11.9 Å². The molecule has 1 atom stereocenters. The van der Waals surface area contributed by atoms with Crippen molar-refractivity contribution in [2.24, 2.45) is 4.99 Å². The maximum absolute atomic E-state index is 12.1. The molecule has 1 aliphatic heterocycles. The van der Waals surface area contributed by atoms with Crippen molar-refractivity contribution in [2.75, 3.05) is 47.3 Å². The first-order chi connectivity index (χ1) is 10.1. The summed E-state index contributed by atoms with van der Waals surface area (Å²) in [6, 6.07) is 0.0810. The van der Waals surface area contributed by atoms with Crippen LogP contribution in [0.1, 0.15) is 32.6 Å². The van der Waals surface area contributed by atoms with Crippen molar-refractivity contribution in [3.8, 4) is 0 Å². The Labute approximate surface area is 129 Å². The molecule has 1 aliphatic rings. The summed E-state index contributed by atoms with van der Waals surface area (Å²) in [6.07, 6.45) is 4.22. The highest BCUT2D eigenvalue weighted by Gasteiger charge is 2.30. The van der Waals surface area contributed by atoms with Gasteiger partial charge >= 0.3 is 0 Å². The van der Waals surface area contributed by atoms with Crippen LogP contribution < -0.4 is 10.6 Å². The van der Waals surface area contributed by atoms with Gasteiger partial charge in [-0.25, -0.2) is 0 Å². The van der Waals surface area contributed by atoms with E-state index in [1.54, 1.807) is 11.9 Å². The topological polar surface area (TPSA) is 60.0 Å². The molecule has 0 radical (unpaired) electrons. The number of aliphatic imine (C=N–C) groups is 1. The first-order valence-corrected chi connectivity index (χ1v) is 7.99. The zero-order chi connectivity index (χ0) is 15.7. The smallest absolute Gasteiger partial charge is 0.239 e. The Morgan fingerprint density at radius 1 is 1.33 bits per heavy atom. The summed E-state index contributed by atoms with van der Waals surface area (Å²) < 4.78 is 0. The van der Waals surface area contributed by atoms with Gasteiger partial charge in [0.05, 0.1) is 6.04 Å². The van der Waals surface area contributed by atoms with Crippen molar-refractivity contribution < 1.29 is 4.79 Å². The Morgan fingerprint density at radius 2 is 2.05 bits per heavy atom. The lowest BCUT2D eigenvalue weighted by Gasteiger charge is -2.26. The molecule has 1 amide bonds. The maximum Gasteiger partial charge on any atom is 0.239 e. The molecule has 0 bridgehead atoms. The largest absolute Gasteiger partial charge is 0.356 e. The van der Waals surface area contributed by atoms with Crippen LogP contribution in [0.2, 0.25) is 0 Å². The van der Waals surface area contributed by atoms with Crippen LogP contribution in [0.3, 0.4) is 0 Å². The summed E-state index contributed by atoms with van der Waals surface area (Å²) in [7, 11) is 5.46. The number of likely N-dealkylation sites (N-methyl/N-ethyl adjacent to an activating group) is 1. The molecule has 6 heteroatoms. The van der Waals surface area contributed by atoms with E-state index in [1.807, 2.05) is 14.1 Å². The Morgan fingerprint density at radius 3 is 2.67 bits per heavy atom. The molecule has 0 aromatic rings. The monoisotopic (exact) mass is 297 g/mol. The molecule has 6 nitrogen and oxygen atoms in total. The van der Waals surface area contributed by atoms with Crippen LogP contribution in [-0.4, -0.2) is 75.0 Å². The van der Waals surface area contributed by atoms with Crippen LogP contribution >= 0.6 is 0 Å². The minimum absolute atomic E-state index is 0.0810. The molecule has 2 N–H and O–H groups in total. The Balaban J connectivity index is 2.27. The van der Waals surface area contributed by atoms with Crippen LogP contribution in [0.5, 0.6) is 0 Å². The van der Waals surface area contributed by atoms with Gasteiger partial charge < -0.3 is 15.5 Å². The van der Waals surface area contributed by atoms with E-state index in [2.05, 4.69) is 27.4 Å². The molecule has 1 heterocycles. The van der Waals surface area contributed by atoms with Gasteiger partial charge in [-0.1, -0.05) is 6.92 Å². The van der Waals surface area contributed by atoms with Crippen LogP contribution in [0.15, 0.2) is 4.99 Å². The zero-order valence-corrected chi connectivity index (χ0v) is 14.0.